The van der Waals surface area contributed by atoms with Crippen molar-refractivity contribution in [2.75, 3.05) is 0 Å². The summed E-state index contributed by atoms with van der Waals surface area (Å²) in [5, 5.41) is 2.83. The van der Waals surface area contributed by atoms with Gasteiger partial charge >= 0.3 is 0 Å². The summed E-state index contributed by atoms with van der Waals surface area (Å²) in [6.07, 6.45) is 3.53. The maximum Gasteiger partial charge on any atom is 0.229 e. The molecule has 0 radical (unpaired) electrons. The van der Waals surface area contributed by atoms with Crippen LogP contribution in [-0.4, -0.2) is 15.9 Å². The van der Waals surface area contributed by atoms with Crippen LogP contribution in [0.1, 0.15) is 11.5 Å². The van der Waals surface area contributed by atoms with Gasteiger partial charge in [0, 0.05) is 18.9 Å². The van der Waals surface area contributed by atoms with Gasteiger partial charge in [0.05, 0.1) is 0 Å². The van der Waals surface area contributed by atoms with Crippen molar-refractivity contribution in [2.45, 2.75) is 13.0 Å². The normalized spacial score (nSPS) is 10.6. The van der Waals surface area contributed by atoms with E-state index in [0.29, 0.717) is 18.0 Å². The van der Waals surface area contributed by atoms with E-state index in [0.717, 1.165) is 11.1 Å². The molecule has 0 fully saturated rings. The summed E-state index contributed by atoms with van der Waals surface area (Å²) < 4.78 is 5.51. The third-order valence-electron chi connectivity index (χ3n) is 2.89. The summed E-state index contributed by atoms with van der Waals surface area (Å²) in [5.74, 6) is 0.312. The van der Waals surface area contributed by atoms with Gasteiger partial charge in [0.25, 0.3) is 0 Å². The van der Waals surface area contributed by atoms with Gasteiger partial charge in [-0.3, -0.25) is 9.78 Å². The van der Waals surface area contributed by atoms with Crippen molar-refractivity contribution in [1.29, 1.82) is 0 Å². The maximum atomic E-state index is 11.8. The van der Waals surface area contributed by atoms with Crippen molar-refractivity contribution in [3.05, 3.63) is 60.2 Å². The van der Waals surface area contributed by atoms with Crippen LogP contribution >= 0.6 is 0 Å². The van der Waals surface area contributed by atoms with Gasteiger partial charge in [-0.15, -0.1) is 0 Å². The molecule has 0 saturated carbocycles. The first kappa shape index (κ1) is 12.3. The van der Waals surface area contributed by atoms with Crippen molar-refractivity contribution in [3.8, 4) is 0 Å². The Bertz CT molecular complexity index is 689. The fraction of sp³-hybridized carbons (Fsp3) is 0.133. The molecule has 1 N–H and O–H groups in total. The summed E-state index contributed by atoms with van der Waals surface area (Å²) in [7, 11) is 0. The largest absolute Gasteiger partial charge is 0.440 e. The number of amides is 1. The van der Waals surface area contributed by atoms with E-state index >= 15 is 0 Å². The van der Waals surface area contributed by atoms with Crippen molar-refractivity contribution in [3.63, 3.8) is 0 Å². The molecule has 0 bridgehead atoms. The molecule has 0 unspecified atom stereocenters. The van der Waals surface area contributed by atoms with E-state index in [2.05, 4.69) is 15.3 Å². The maximum absolute atomic E-state index is 11.8. The minimum atomic E-state index is -0.117. The van der Waals surface area contributed by atoms with Gasteiger partial charge in [0.1, 0.15) is 11.9 Å². The Morgan fingerprint density at radius 3 is 2.75 bits per heavy atom. The average molecular weight is 267 g/mol. The van der Waals surface area contributed by atoms with Crippen LogP contribution in [0.15, 0.2) is 53.2 Å². The molecule has 100 valence electrons. The van der Waals surface area contributed by atoms with Gasteiger partial charge in [0.2, 0.25) is 11.8 Å². The molecule has 0 aliphatic carbocycles. The van der Waals surface area contributed by atoms with Crippen LogP contribution in [0.2, 0.25) is 0 Å². The number of para-hydroxylation sites is 2. The monoisotopic (exact) mass is 267 g/mol. The predicted molar refractivity (Wildman–Crippen MR) is 73.8 cm³/mol. The predicted octanol–water partition coefficient (Wildman–Crippen LogP) is 2.08. The van der Waals surface area contributed by atoms with Gasteiger partial charge < -0.3 is 9.73 Å². The van der Waals surface area contributed by atoms with Crippen LogP contribution in [0, 0.1) is 0 Å². The molecule has 5 heteroatoms. The number of hydrogen-bond donors (Lipinski definition) is 1. The van der Waals surface area contributed by atoms with Gasteiger partial charge in [0.15, 0.2) is 5.58 Å². The van der Waals surface area contributed by atoms with E-state index in [1.807, 2.05) is 36.4 Å². The molecule has 3 rings (SSSR count). The number of fused-ring (bicyclic) bond motifs is 1. The lowest BCUT2D eigenvalue weighted by molar-refractivity contribution is -0.120. The second-order valence-corrected chi connectivity index (χ2v) is 4.38. The molecule has 1 amide bonds. The first-order chi connectivity index (χ1) is 9.81. The minimum Gasteiger partial charge on any atom is -0.440 e. The van der Waals surface area contributed by atoms with Crippen molar-refractivity contribution in [1.82, 2.24) is 15.3 Å². The van der Waals surface area contributed by atoms with E-state index in [9.17, 15) is 4.79 Å². The Balaban J connectivity index is 1.61. The van der Waals surface area contributed by atoms with Crippen LogP contribution in [0.25, 0.3) is 11.1 Å². The van der Waals surface area contributed by atoms with Crippen molar-refractivity contribution in [2.24, 2.45) is 0 Å². The number of hydrogen-bond acceptors (Lipinski definition) is 4. The molecule has 0 aliphatic rings. The lowest BCUT2D eigenvalue weighted by atomic mass is 10.2. The number of carbonyl (C=O) groups excluding carboxylic acids is 1. The zero-order valence-corrected chi connectivity index (χ0v) is 10.7. The summed E-state index contributed by atoms with van der Waals surface area (Å²) in [4.78, 5) is 20.0. The quantitative estimate of drug-likeness (QED) is 0.785. The molecular weight excluding hydrogens is 254 g/mol. The molecule has 0 spiro atoms. The van der Waals surface area contributed by atoms with Crippen LogP contribution in [-0.2, 0) is 17.8 Å². The fourth-order valence-corrected chi connectivity index (χ4v) is 1.90. The third kappa shape index (κ3) is 2.83. The Labute approximate surface area is 115 Å². The number of nitrogens with one attached hydrogen (secondary N) is 1. The van der Waals surface area contributed by atoms with E-state index < -0.39 is 0 Å². The van der Waals surface area contributed by atoms with E-state index in [4.69, 9.17) is 4.42 Å². The summed E-state index contributed by atoms with van der Waals surface area (Å²) >= 11 is 0. The van der Waals surface area contributed by atoms with E-state index in [1.54, 1.807) is 12.4 Å². The van der Waals surface area contributed by atoms with E-state index in [1.165, 1.54) is 0 Å². The zero-order valence-electron chi connectivity index (χ0n) is 10.7. The van der Waals surface area contributed by atoms with E-state index in [-0.39, 0.29) is 12.3 Å². The first-order valence-electron chi connectivity index (χ1n) is 6.31. The van der Waals surface area contributed by atoms with Gasteiger partial charge in [-0.25, -0.2) is 4.98 Å². The standard InChI is InChI=1S/C15H13N3O2/c19-14(17-10-11-5-7-16-8-6-11)9-15-18-12-3-1-2-4-13(12)20-15/h1-8H,9-10H2,(H,17,19). The average Bonchev–Trinajstić information content (AvgIpc) is 2.88. The number of nitrogens with zero attached hydrogens (tertiary/aromatic N) is 2. The molecular formula is C15H13N3O2. The number of benzene rings is 1. The minimum absolute atomic E-state index is 0.117. The molecule has 3 aromatic rings. The lowest BCUT2D eigenvalue weighted by Crippen LogP contribution is -2.24. The SMILES string of the molecule is O=C(Cc1nc2ccccc2o1)NCc1ccncc1. The molecule has 1 aromatic carbocycles. The fourth-order valence-electron chi connectivity index (χ4n) is 1.90. The topological polar surface area (TPSA) is 68.0 Å². The Hall–Kier alpha value is -2.69. The summed E-state index contributed by atoms with van der Waals surface area (Å²) in [6, 6.07) is 11.2. The molecule has 0 aliphatic heterocycles. The molecule has 2 heterocycles. The second kappa shape index (κ2) is 5.52. The van der Waals surface area contributed by atoms with Crippen molar-refractivity contribution < 1.29 is 9.21 Å². The number of oxazole rings is 1. The van der Waals surface area contributed by atoms with Crippen LogP contribution < -0.4 is 5.32 Å². The lowest BCUT2D eigenvalue weighted by Gasteiger charge is -2.03. The molecule has 20 heavy (non-hydrogen) atoms. The van der Waals surface area contributed by atoms with Gasteiger partial charge in [-0.05, 0) is 29.8 Å². The Morgan fingerprint density at radius 2 is 1.95 bits per heavy atom. The van der Waals surface area contributed by atoms with Crippen LogP contribution in [0.3, 0.4) is 0 Å². The van der Waals surface area contributed by atoms with Crippen LogP contribution in [0.5, 0.6) is 0 Å². The highest BCUT2D eigenvalue weighted by molar-refractivity contribution is 5.79. The van der Waals surface area contributed by atoms with Gasteiger partial charge in [-0.2, -0.15) is 0 Å². The third-order valence-corrected chi connectivity index (χ3v) is 2.89. The summed E-state index contributed by atoms with van der Waals surface area (Å²) in [6.45, 7) is 0.474. The number of pyridine rings is 1. The molecule has 2 aromatic heterocycles. The Kier molecular flexibility index (Phi) is 3.41. The molecule has 5 nitrogen and oxygen atoms in total. The highest BCUT2D eigenvalue weighted by Crippen LogP contribution is 2.14. The van der Waals surface area contributed by atoms with Crippen molar-refractivity contribution >= 4 is 17.0 Å². The molecule has 0 saturated heterocycles. The highest BCUT2D eigenvalue weighted by atomic mass is 16.3. The smallest absolute Gasteiger partial charge is 0.229 e. The highest BCUT2D eigenvalue weighted by Gasteiger charge is 2.10. The second-order valence-electron chi connectivity index (χ2n) is 4.38. The van der Waals surface area contributed by atoms with Gasteiger partial charge in [-0.1, -0.05) is 12.1 Å². The summed E-state index contributed by atoms with van der Waals surface area (Å²) in [5.41, 5.74) is 2.47. The van der Waals surface area contributed by atoms with Crippen LogP contribution in [0.4, 0.5) is 0 Å². The first-order valence-corrected chi connectivity index (χ1v) is 6.31. The Morgan fingerprint density at radius 1 is 1.15 bits per heavy atom. The number of rotatable bonds is 4. The zero-order chi connectivity index (χ0) is 13.8. The molecule has 0 atom stereocenters. The number of carbonyl (C=O) groups is 1. The number of aromatic nitrogens is 2.